The van der Waals surface area contributed by atoms with Gasteiger partial charge in [0.2, 0.25) is 0 Å². The van der Waals surface area contributed by atoms with Crippen LogP contribution in [-0.2, 0) is 13.1 Å². The largest absolute Gasteiger partial charge is 0.467 e. The Bertz CT molecular complexity index is 513. The van der Waals surface area contributed by atoms with Gasteiger partial charge in [-0.3, -0.25) is 4.99 Å². The van der Waals surface area contributed by atoms with Gasteiger partial charge in [0.25, 0.3) is 0 Å². The first kappa shape index (κ1) is 16.5. The first-order chi connectivity index (χ1) is 8.78. The van der Waals surface area contributed by atoms with E-state index in [9.17, 15) is 0 Å². The van der Waals surface area contributed by atoms with Gasteiger partial charge < -0.3 is 15.1 Å². The van der Waals surface area contributed by atoms with Crippen molar-refractivity contribution in [3.8, 4) is 0 Å². The monoisotopic (exact) mass is 455 g/mol. The van der Waals surface area contributed by atoms with Crippen LogP contribution in [0, 0.1) is 0 Å². The number of hydrogen-bond acceptors (Lipinski definition) is 3. The van der Waals surface area contributed by atoms with E-state index in [-0.39, 0.29) is 24.0 Å². The van der Waals surface area contributed by atoms with Crippen LogP contribution in [0.4, 0.5) is 0 Å². The molecule has 0 aliphatic heterocycles. The Hall–Kier alpha value is -0.540. The molecule has 2 N–H and O–H groups in total. The highest BCUT2D eigenvalue weighted by Gasteiger charge is 2.01. The number of thiophene rings is 1. The fraction of sp³-hybridized carbons (Fsp3) is 0.250. The topological polar surface area (TPSA) is 49.6 Å². The number of guanidine groups is 1. The Morgan fingerprint density at radius 3 is 2.68 bits per heavy atom. The summed E-state index contributed by atoms with van der Waals surface area (Å²) in [6, 6.07) is 7.93. The van der Waals surface area contributed by atoms with Crippen LogP contribution in [0.25, 0.3) is 0 Å². The average molecular weight is 456 g/mol. The van der Waals surface area contributed by atoms with Gasteiger partial charge in [-0.15, -0.1) is 35.3 Å². The van der Waals surface area contributed by atoms with Crippen LogP contribution < -0.4 is 10.6 Å². The van der Waals surface area contributed by atoms with Crippen molar-refractivity contribution in [3.63, 3.8) is 0 Å². The molecule has 0 aliphatic carbocycles. The summed E-state index contributed by atoms with van der Waals surface area (Å²) >= 11 is 5.15. The Morgan fingerprint density at radius 1 is 1.32 bits per heavy atom. The second kappa shape index (κ2) is 8.60. The van der Waals surface area contributed by atoms with Crippen molar-refractivity contribution >= 4 is 57.2 Å². The molecule has 0 radical (unpaired) electrons. The molecule has 0 fully saturated rings. The molecule has 104 valence electrons. The third-order valence-corrected chi connectivity index (χ3v) is 3.92. The van der Waals surface area contributed by atoms with E-state index in [1.165, 1.54) is 4.88 Å². The number of nitrogens with zero attached hydrogens (tertiary/aromatic N) is 1. The zero-order valence-corrected chi connectivity index (χ0v) is 15.1. The zero-order chi connectivity index (χ0) is 12.8. The maximum Gasteiger partial charge on any atom is 0.191 e. The Morgan fingerprint density at radius 2 is 2.11 bits per heavy atom. The van der Waals surface area contributed by atoms with Crippen molar-refractivity contribution in [2.75, 3.05) is 7.05 Å². The molecule has 2 aromatic rings. The van der Waals surface area contributed by atoms with Crippen LogP contribution in [0.2, 0.25) is 0 Å². The quantitative estimate of drug-likeness (QED) is 0.420. The lowest BCUT2D eigenvalue weighted by Crippen LogP contribution is -2.36. The SMILES string of the molecule is CN=C(NCc1ccco1)NCc1ccc(Br)s1.I. The molecule has 0 amide bonds. The summed E-state index contributed by atoms with van der Waals surface area (Å²) in [4.78, 5) is 5.41. The van der Waals surface area contributed by atoms with E-state index in [1.54, 1.807) is 24.6 Å². The smallest absolute Gasteiger partial charge is 0.191 e. The predicted octanol–water partition coefficient (Wildman–Crippen LogP) is 3.59. The van der Waals surface area contributed by atoms with Gasteiger partial charge in [0.1, 0.15) is 5.76 Å². The Kier molecular flexibility index (Phi) is 7.47. The lowest BCUT2D eigenvalue weighted by molar-refractivity contribution is 0.501. The van der Waals surface area contributed by atoms with E-state index in [2.05, 4.69) is 37.6 Å². The van der Waals surface area contributed by atoms with Crippen LogP contribution in [0.3, 0.4) is 0 Å². The van der Waals surface area contributed by atoms with Gasteiger partial charge in [-0.1, -0.05) is 0 Å². The van der Waals surface area contributed by atoms with Crippen LogP contribution >= 0.6 is 51.2 Å². The average Bonchev–Trinajstić information content (AvgIpc) is 3.01. The highest BCUT2D eigenvalue weighted by atomic mass is 127. The maximum absolute atomic E-state index is 5.25. The van der Waals surface area contributed by atoms with E-state index >= 15 is 0 Å². The van der Waals surface area contributed by atoms with Crippen molar-refractivity contribution in [2.24, 2.45) is 4.99 Å². The highest BCUT2D eigenvalue weighted by molar-refractivity contribution is 14.0. The number of furan rings is 1. The maximum atomic E-state index is 5.25. The van der Waals surface area contributed by atoms with Crippen molar-refractivity contribution in [2.45, 2.75) is 13.1 Å². The summed E-state index contributed by atoms with van der Waals surface area (Å²) < 4.78 is 6.38. The van der Waals surface area contributed by atoms with E-state index in [0.717, 1.165) is 22.1 Å². The first-order valence-electron chi connectivity index (χ1n) is 5.49. The molecular weight excluding hydrogens is 441 g/mol. The molecule has 19 heavy (non-hydrogen) atoms. The number of hydrogen-bond donors (Lipinski definition) is 2. The number of nitrogens with one attached hydrogen (secondary N) is 2. The van der Waals surface area contributed by atoms with Gasteiger partial charge in [0.15, 0.2) is 5.96 Å². The van der Waals surface area contributed by atoms with Crippen molar-refractivity contribution in [1.82, 2.24) is 10.6 Å². The molecule has 2 rings (SSSR count). The molecule has 0 atom stereocenters. The van der Waals surface area contributed by atoms with Crippen LogP contribution in [0.15, 0.2) is 43.7 Å². The molecule has 0 aliphatic rings. The summed E-state index contributed by atoms with van der Waals surface area (Å²) in [6.45, 7) is 1.38. The lowest BCUT2D eigenvalue weighted by atomic mass is 10.4. The minimum Gasteiger partial charge on any atom is -0.467 e. The number of aliphatic imine (C=N–C) groups is 1. The van der Waals surface area contributed by atoms with Crippen molar-refractivity contribution in [1.29, 1.82) is 0 Å². The van der Waals surface area contributed by atoms with Gasteiger partial charge in [-0.05, 0) is 40.2 Å². The summed E-state index contributed by atoms with van der Waals surface area (Å²) in [5, 5.41) is 6.44. The number of rotatable bonds is 4. The van der Waals surface area contributed by atoms with Gasteiger partial charge in [0, 0.05) is 11.9 Å². The molecule has 7 heteroatoms. The minimum absolute atomic E-state index is 0. The standard InChI is InChI=1S/C12H14BrN3OS.HI/c1-14-12(15-7-9-3-2-6-17-9)16-8-10-4-5-11(13)18-10;/h2-6H,7-8H2,1H3,(H2,14,15,16);1H. The zero-order valence-electron chi connectivity index (χ0n) is 10.4. The molecule has 0 saturated heterocycles. The minimum atomic E-state index is 0. The van der Waals surface area contributed by atoms with Crippen molar-refractivity contribution in [3.05, 3.63) is 45.0 Å². The second-order valence-electron chi connectivity index (χ2n) is 3.56. The number of halogens is 2. The summed E-state index contributed by atoms with van der Waals surface area (Å²) in [7, 11) is 1.75. The normalized spacial score (nSPS) is 10.9. The fourth-order valence-corrected chi connectivity index (χ4v) is 2.85. The van der Waals surface area contributed by atoms with Crippen LogP contribution in [0.5, 0.6) is 0 Å². The molecule has 2 aromatic heterocycles. The van der Waals surface area contributed by atoms with E-state index in [1.807, 2.05) is 18.2 Å². The molecule has 2 heterocycles. The third-order valence-electron chi connectivity index (χ3n) is 2.29. The molecule has 0 aromatic carbocycles. The third kappa shape index (κ3) is 5.53. The van der Waals surface area contributed by atoms with E-state index in [0.29, 0.717) is 6.54 Å². The molecule has 0 unspecified atom stereocenters. The Balaban J connectivity index is 0.00000180. The van der Waals surface area contributed by atoms with Crippen molar-refractivity contribution < 1.29 is 4.42 Å². The van der Waals surface area contributed by atoms with Crippen LogP contribution in [0.1, 0.15) is 10.6 Å². The molecule has 0 bridgehead atoms. The fourth-order valence-electron chi connectivity index (χ4n) is 1.42. The second-order valence-corrected chi connectivity index (χ2v) is 6.11. The Labute approximate surface area is 141 Å². The summed E-state index contributed by atoms with van der Waals surface area (Å²) in [5.41, 5.74) is 0. The first-order valence-corrected chi connectivity index (χ1v) is 7.10. The molecule has 0 saturated carbocycles. The van der Waals surface area contributed by atoms with Gasteiger partial charge >= 0.3 is 0 Å². The molecular formula is C12H15BrIN3OS. The molecule has 0 spiro atoms. The van der Waals surface area contributed by atoms with E-state index < -0.39 is 0 Å². The molecule has 4 nitrogen and oxygen atoms in total. The van der Waals surface area contributed by atoms with Gasteiger partial charge in [-0.25, -0.2) is 0 Å². The lowest BCUT2D eigenvalue weighted by Gasteiger charge is -2.09. The van der Waals surface area contributed by atoms with E-state index in [4.69, 9.17) is 4.42 Å². The predicted molar refractivity (Wildman–Crippen MR) is 93.2 cm³/mol. The summed E-state index contributed by atoms with van der Waals surface area (Å²) in [6.07, 6.45) is 1.66. The van der Waals surface area contributed by atoms with Gasteiger partial charge in [0.05, 0.1) is 23.1 Å². The van der Waals surface area contributed by atoms with Crippen LogP contribution in [-0.4, -0.2) is 13.0 Å². The highest BCUT2D eigenvalue weighted by Crippen LogP contribution is 2.21. The summed E-state index contributed by atoms with van der Waals surface area (Å²) in [5.74, 6) is 1.65. The van der Waals surface area contributed by atoms with Gasteiger partial charge in [-0.2, -0.15) is 0 Å².